The quantitative estimate of drug-likeness (QED) is 0.594. The molecule has 1 aromatic rings. The number of anilines is 1. The Bertz CT molecular complexity index is 370. The Labute approximate surface area is 96.9 Å². The molecule has 0 aliphatic carbocycles. The number of hydrogen-bond donors (Lipinski definition) is 2. The number of nitrogens with zero attached hydrogens (tertiary/aromatic N) is 1. The van der Waals surface area contributed by atoms with E-state index in [0.29, 0.717) is 5.69 Å². The molecule has 1 saturated heterocycles. The Morgan fingerprint density at radius 2 is 1.94 bits per heavy atom. The number of piperidine rings is 1. The summed E-state index contributed by atoms with van der Waals surface area (Å²) in [5.41, 5.74) is 8.32. The Morgan fingerprint density at radius 3 is 2.62 bits per heavy atom. The van der Waals surface area contributed by atoms with Gasteiger partial charge >= 0.3 is 0 Å². The zero-order chi connectivity index (χ0) is 11.5. The lowest BCUT2D eigenvalue weighted by atomic mass is 10.1. The number of hydrogen-bond acceptors (Lipinski definition) is 3. The highest BCUT2D eigenvalue weighted by molar-refractivity contribution is 5.57. The maximum absolute atomic E-state index is 9.90. The molecule has 3 nitrogen and oxygen atoms in total. The summed E-state index contributed by atoms with van der Waals surface area (Å²) in [4.78, 5) is 2.39. The third-order valence-corrected chi connectivity index (χ3v) is 3.21. The van der Waals surface area contributed by atoms with E-state index in [1.807, 2.05) is 19.1 Å². The summed E-state index contributed by atoms with van der Waals surface area (Å²) in [6.45, 7) is 5.09. The summed E-state index contributed by atoms with van der Waals surface area (Å²) in [6.07, 6.45) is 3.86. The van der Waals surface area contributed by atoms with Crippen molar-refractivity contribution in [2.24, 2.45) is 0 Å². The molecule has 0 spiro atoms. The highest BCUT2D eigenvalue weighted by Gasteiger charge is 2.13. The van der Waals surface area contributed by atoms with Crippen LogP contribution in [-0.4, -0.2) is 23.1 Å². The van der Waals surface area contributed by atoms with E-state index in [1.54, 1.807) is 0 Å². The fourth-order valence-electron chi connectivity index (χ4n) is 2.36. The number of phenolic OH excluding ortho intramolecular Hbond substituents is 1. The van der Waals surface area contributed by atoms with Crippen molar-refractivity contribution in [2.75, 3.05) is 18.8 Å². The molecule has 16 heavy (non-hydrogen) atoms. The molecule has 0 amide bonds. The van der Waals surface area contributed by atoms with Crippen molar-refractivity contribution in [3.63, 3.8) is 0 Å². The Balaban J connectivity index is 2.13. The number of benzene rings is 1. The molecule has 1 aliphatic heterocycles. The summed E-state index contributed by atoms with van der Waals surface area (Å²) in [6, 6.07) is 3.84. The highest BCUT2D eigenvalue weighted by atomic mass is 16.3. The zero-order valence-electron chi connectivity index (χ0n) is 9.87. The minimum absolute atomic E-state index is 0.260. The molecule has 1 heterocycles. The fourth-order valence-corrected chi connectivity index (χ4v) is 2.36. The van der Waals surface area contributed by atoms with Gasteiger partial charge in [0.05, 0.1) is 5.69 Å². The molecule has 0 aromatic heterocycles. The molecule has 0 bridgehead atoms. The largest absolute Gasteiger partial charge is 0.505 e. The van der Waals surface area contributed by atoms with Gasteiger partial charge in [0.2, 0.25) is 0 Å². The molecule has 0 radical (unpaired) electrons. The third-order valence-electron chi connectivity index (χ3n) is 3.21. The van der Waals surface area contributed by atoms with Crippen molar-refractivity contribution in [1.29, 1.82) is 0 Å². The first kappa shape index (κ1) is 11.3. The normalized spacial score (nSPS) is 17.6. The summed E-state index contributed by atoms with van der Waals surface area (Å²) in [5, 5.41) is 9.90. The van der Waals surface area contributed by atoms with Gasteiger partial charge in [-0.15, -0.1) is 0 Å². The van der Waals surface area contributed by atoms with Crippen LogP contribution in [0, 0.1) is 6.92 Å². The van der Waals surface area contributed by atoms with E-state index in [-0.39, 0.29) is 5.75 Å². The van der Waals surface area contributed by atoms with Crippen LogP contribution in [0.2, 0.25) is 0 Å². The van der Waals surface area contributed by atoms with E-state index in [0.717, 1.165) is 30.8 Å². The second-order valence-electron chi connectivity index (χ2n) is 4.70. The molecular weight excluding hydrogens is 200 g/mol. The fraction of sp³-hybridized carbons (Fsp3) is 0.538. The molecule has 1 aromatic carbocycles. The first-order chi connectivity index (χ1) is 7.66. The smallest absolute Gasteiger partial charge is 0.142 e. The second kappa shape index (κ2) is 4.74. The number of aryl methyl sites for hydroxylation is 1. The Morgan fingerprint density at radius 1 is 1.25 bits per heavy atom. The van der Waals surface area contributed by atoms with Crippen molar-refractivity contribution < 1.29 is 5.11 Å². The third kappa shape index (κ3) is 2.47. The van der Waals surface area contributed by atoms with E-state index < -0.39 is 0 Å². The predicted octanol–water partition coefficient (Wildman–Crippen LogP) is 2.27. The van der Waals surface area contributed by atoms with Gasteiger partial charge < -0.3 is 10.8 Å². The van der Waals surface area contributed by atoms with Gasteiger partial charge in [-0.2, -0.15) is 0 Å². The lowest BCUT2D eigenvalue weighted by Crippen LogP contribution is -2.29. The molecule has 0 unspecified atom stereocenters. The molecule has 3 heteroatoms. The van der Waals surface area contributed by atoms with Gasteiger partial charge in [-0.3, -0.25) is 4.90 Å². The number of nitrogen functional groups attached to an aromatic ring is 1. The predicted molar refractivity (Wildman–Crippen MR) is 66.4 cm³/mol. The van der Waals surface area contributed by atoms with E-state index >= 15 is 0 Å². The maximum Gasteiger partial charge on any atom is 0.142 e. The van der Waals surface area contributed by atoms with Gasteiger partial charge in [0.25, 0.3) is 0 Å². The number of aromatic hydroxyl groups is 1. The molecular formula is C13H20N2O. The Hall–Kier alpha value is -1.22. The summed E-state index contributed by atoms with van der Waals surface area (Å²) in [7, 11) is 0. The van der Waals surface area contributed by atoms with Crippen LogP contribution in [0.15, 0.2) is 12.1 Å². The summed E-state index contributed by atoms with van der Waals surface area (Å²) in [5.74, 6) is 0.260. The highest BCUT2D eigenvalue weighted by Crippen LogP contribution is 2.28. The summed E-state index contributed by atoms with van der Waals surface area (Å²) >= 11 is 0. The molecule has 0 atom stereocenters. The van der Waals surface area contributed by atoms with Crippen LogP contribution in [0.4, 0.5) is 5.69 Å². The average Bonchev–Trinajstić information content (AvgIpc) is 2.27. The monoisotopic (exact) mass is 220 g/mol. The Kier molecular flexibility index (Phi) is 3.34. The zero-order valence-corrected chi connectivity index (χ0v) is 9.87. The van der Waals surface area contributed by atoms with Crippen LogP contribution in [0.1, 0.15) is 30.4 Å². The van der Waals surface area contributed by atoms with E-state index in [2.05, 4.69) is 4.90 Å². The first-order valence-electron chi connectivity index (χ1n) is 5.97. The van der Waals surface area contributed by atoms with Gasteiger partial charge in [0, 0.05) is 12.1 Å². The van der Waals surface area contributed by atoms with Crippen molar-refractivity contribution >= 4 is 5.69 Å². The topological polar surface area (TPSA) is 49.5 Å². The van der Waals surface area contributed by atoms with Crippen LogP contribution in [0.25, 0.3) is 0 Å². The van der Waals surface area contributed by atoms with E-state index in [9.17, 15) is 5.11 Å². The number of likely N-dealkylation sites (tertiary alicyclic amines) is 1. The van der Waals surface area contributed by atoms with Crippen molar-refractivity contribution in [3.05, 3.63) is 23.3 Å². The number of nitrogens with two attached hydrogens (primary N) is 1. The van der Waals surface area contributed by atoms with E-state index in [1.165, 1.54) is 19.3 Å². The first-order valence-corrected chi connectivity index (χ1v) is 5.97. The molecule has 2 rings (SSSR count). The van der Waals surface area contributed by atoms with Gasteiger partial charge in [0.1, 0.15) is 5.75 Å². The number of phenols is 1. The average molecular weight is 220 g/mol. The van der Waals surface area contributed by atoms with Crippen LogP contribution in [-0.2, 0) is 6.54 Å². The van der Waals surface area contributed by atoms with Crippen LogP contribution < -0.4 is 5.73 Å². The molecule has 0 saturated carbocycles. The van der Waals surface area contributed by atoms with Crippen LogP contribution >= 0.6 is 0 Å². The minimum Gasteiger partial charge on any atom is -0.505 e. The second-order valence-corrected chi connectivity index (χ2v) is 4.70. The van der Waals surface area contributed by atoms with Gasteiger partial charge in [-0.05, 0) is 44.5 Å². The molecule has 1 fully saturated rings. The summed E-state index contributed by atoms with van der Waals surface area (Å²) < 4.78 is 0. The van der Waals surface area contributed by atoms with Crippen LogP contribution in [0.3, 0.4) is 0 Å². The lowest BCUT2D eigenvalue weighted by Gasteiger charge is -2.27. The van der Waals surface area contributed by atoms with Gasteiger partial charge in [-0.1, -0.05) is 12.5 Å². The van der Waals surface area contributed by atoms with E-state index in [4.69, 9.17) is 5.73 Å². The maximum atomic E-state index is 9.90. The van der Waals surface area contributed by atoms with Gasteiger partial charge in [-0.25, -0.2) is 0 Å². The van der Waals surface area contributed by atoms with Crippen molar-refractivity contribution in [1.82, 2.24) is 4.90 Å². The molecule has 1 aliphatic rings. The lowest BCUT2D eigenvalue weighted by molar-refractivity contribution is 0.218. The minimum atomic E-state index is 0.260. The molecule has 88 valence electrons. The van der Waals surface area contributed by atoms with Crippen LogP contribution in [0.5, 0.6) is 5.75 Å². The standard InChI is InChI=1S/C13H20N2O/c1-10-7-11(13(16)12(14)8-10)9-15-5-3-2-4-6-15/h7-8,16H,2-6,9,14H2,1H3. The van der Waals surface area contributed by atoms with Gasteiger partial charge in [0.15, 0.2) is 0 Å². The van der Waals surface area contributed by atoms with Crippen molar-refractivity contribution in [2.45, 2.75) is 32.7 Å². The van der Waals surface area contributed by atoms with Crippen molar-refractivity contribution in [3.8, 4) is 5.75 Å². The molecule has 3 N–H and O–H groups in total. The SMILES string of the molecule is Cc1cc(N)c(O)c(CN2CCCCC2)c1. The number of rotatable bonds is 2.